The second kappa shape index (κ2) is 10.8. The van der Waals surface area contributed by atoms with E-state index in [4.69, 9.17) is 0 Å². The van der Waals surface area contributed by atoms with Gasteiger partial charge < -0.3 is 15.7 Å². The first-order valence-electron chi connectivity index (χ1n) is 8.40. The van der Waals surface area contributed by atoms with E-state index in [1.165, 1.54) is 6.26 Å². The Morgan fingerprint density at radius 3 is 2.46 bits per heavy atom. The van der Waals surface area contributed by atoms with Gasteiger partial charge in [0.15, 0.2) is 5.96 Å². The van der Waals surface area contributed by atoms with E-state index in [9.17, 15) is 13.5 Å². The quantitative estimate of drug-likeness (QED) is 0.266. The van der Waals surface area contributed by atoms with E-state index in [2.05, 4.69) is 15.6 Å². The molecule has 152 valence electrons. The summed E-state index contributed by atoms with van der Waals surface area (Å²) in [5.41, 5.74) is -0.335. The summed E-state index contributed by atoms with van der Waals surface area (Å²) in [5, 5.41) is 20.8. The van der Waals surface area contributed by atoms with E-state index >= 15 is 0 Å². The normalized spacial score (nSPS) is 15.1. The van der Waals surface area contributed by atoms with Crippen molar-refractivity contribution < 1.29 is 13.5 Å². The summed E-state index contributed by atoms with van der Waals surface area (Å²) in [6.45, 7) is 9.29. The lowest BCUT2D eigenvalue weighted by Gasteiger charge is -2.26. The minimum atomic E-state index is -2.97. The molecule has 3 N–H and O–H groups in total. The van der Waals surface area contributed by atoms with Gasteiger partial charge in [-0.1, -0.05) is 13.8 Å². The highest BCUT2D eigenvalue weighted by atomic mass is 127. The highest BCUT2D eigenvalue weighted by molar-refractivity contribution is 14.0. The van der Waals surface area contributed by atoms with Crippen LogP contribution in [0.15, 0.2) is 21.8 Å². The van der Waals surface area contributed by atoms with E-state index in [-0.39, 0.29) is 35.1 Å². The molecule has 0 saturated carbocycles. The molecule has 0 radical (unpaired) electrons. The molecule has 6 nitrogen and oxygen atoms in total. The topological polar surface area (TPSA) is 90.8 Å². The third-order valence-corrected chi connectivity index (χ3v) is 5.53. The zero-order valence-corrected chi connectivity index (χ0v) is 20.2. The molecule has 9 heteroatoms. The van der Waals surface area contributed by atoms with Crippen LogP contribution in [0.1, 0.15) is 39.7 Å². The van der Waals surface area contributed by atoms with Gasteiger partial charge in [0.05, 0.1) is 12.3 Å². The lowest BCUT2D eigenvalue weighted by molar-refractivity contribution is 0.0621. The van der Waals surface area contributed by atoms with E-state index in [1.54, 1.807) is 18.3 Å². The second-order valence-electron chi connectivity index (χ2n) is 7.38. The van der Waals surface area contributed by atoms with Crippen LogP contribution in [-0.2, 0) is 15.4 Å². The predicted octanol–water partition coefficient (Wildman–Crippen LogP) is 2.59. The molecule has 0 spiro atoms. The molecule has 1 unspecified atom stereocenters. The highest BCUT2D eigenvalue weighted by Crippen LogP contribution is 2.23. The van der Waals surface area contributed by atoms with E-state index in [1.807, 2.05) is 37.6 Å². The SMILES string of the molecule is CCNC(=NCC(C)(C)CCS(C)(=O)=O)NCC(C)(O)c1ccsc1.I. The molecule has 0 fully saturated rings. The largest absolute Gasteiger partial charge is 0.384 e. The zero-order chi connectivity index (χ0) is 19.1. The molecule has 0 saturated heterocycles. The Kier molecular flexibility index (Phi) is 10.7. The van der Waals surface area contributed by atoms with Crippen LogP contribution in [0.3, 0.4) is 0 Å². The fourth-order valence-corrected chi connectivity index (χ4v) is 3.81. The van der Waals surface area contributed by atoms with Crippen molar-refractivity contribution in [1.29, 1.82) is 0 Å². The number of sulfone groups is 1. The van der Waals surface area contributed by atoms with Crippen LogP contribution in [-0.4, -0.2) is 51.1 Å². The van der Waals surface area contributed by atoms with Gasteiger partial charge in [0.1, 0.15) is 15.4 Å². The van der Waals surface area contributed by atoms with Crippen LogP contribution >= 0.6 is 35.3 Å². The van der Waals surface area contributed by atoms with Crippen molar-refractivity contribution in [1.82, 2.24) is 10.6 Å². The molecule has 1 aromatic heterocycles. The molecule has 0 aliphatic heterocycles. The Morgan fingerprint density at radius 2 is 1.96 bits per heavy atom. The van der Waals surface area contributed by atoms with Gasteiger partial charge in [0.25, 0.3) is 0 Å². The molecule has 26 heavy (non-hydrogen) atoms. The predicted molar refractivity (Wildman–Crippen MR) is 121 cm³/mol. The number of halogens is 1. The fourth-order valence-electron chi connectivity index (χ4n) is 2.10. The fraction of sp³-hybridized carbons (Fsp3) is 0.706. The molecule has 0 aromatic carbocycles. The number of guanidine groups is 1. The Labute approximate surface area is 178 Å². The maximum absolute atomic E-state index is 11.4. The zero-order valence-electron chi connectivity index (χ0n) is 16.2. The van der Waals surface area contributed by atoms with Gasteiger partial charge in [-0.25, -0.2) is 8.42 Å². The number of thiophene rings is 1. The van der Waals surface area contributed by atoms with Crippen LogP contribution < -0.4 is 10.6 Å². The minimum absolute atomic E-state index is 0. The van der Waals surface area contributed by atoms with Crippen LogP contribution in [0, 0.1) is 5.41 Å². The van der Waals surface area contributed by atoms with Gasteiger partial charge in [0.2, 0.25) is 0 Å². The van der Waals surface area contributed by atoms with E-state index in [0.29, 0.717) is 32.0 Å². The molecule has 0 aliphatic rings. The number of nitrogens with one attached hydrogen (secondary N) is 2. The van der Waals surface area contributed by atoms with Crippen molar-refractivity contribution in [3.05, 3.63) is 22.4 Å². The molecular weight excluding hydrogens is 485 g/mol. The summed E-state index contributed by atoms with van der Waals surface area (Å²) in [7, 11) is -2.97. The molecule has 0 amide bonds. The third-order valence-electron chi connectivity index (χ3n) is 3.90. The maximum Gasteiger partial charge on any atom is 0.191 e. The monoisotopic (exact) mass is 517 g/mol. The lowest BCUT2D eigenvalue weighted by atomic mass is 9.90. The van der Waals surface area contributed by atoms with Crippen molar-refractivity contribution >= 4 is 51.1 Å². The van der Waals surface area contributed by atoms with Crippen molar-refractivity contribution in [3.8, 4) is 0 Å². The minimum Gasteiger partial charge on any atom is -0.384 e. The van der Waals surface area contributed by atoms with Gasteiger partial charge >= 0.3 is 0 Å². The molecule has 0 aliphatic carbocycles. The molecule has 1 atom stereocenters. The second-order valence-corrected chi connectivity index (χ2v) is 10.4. The van der Waals surface area contributed by atoms with Gasteiger partial charge in [-0.3, -0.25) is 4.99 Å². The number of hydrogen-bond donors (Lipinski definition) is 3. The van der Waals surface area contributed by atoms with Crippen LogP contribution in [0.25, 0.3) is 0 Å². The van der Waals surface area contributed by atoms with Crippen LogP contribution in [0.5, 0.6) is 0 Å². The average Bonchev–Trinajstić information content (AvgIpc) is 3.03. The first-order valence-corrected chi connectivity index (χ1v) is 11.4. The molecule has 1 aromatic rings. The van der Waals surface area contributed by atoms with Crippen LogP contribution in [0.4, 0.5) is 0 Å². The molecule has 0 bridgehead atoms. The maximum atomic E-state index is 11.4. The summed E-state index contributed by atoms with van der Waals surface area (Å²) < 4.78 is 22.7. The van der Waals surface area contributed by atoms with Crippen molar-refractivity contribution in [2.24, 2.45) is 10.4 Å². The number of hydrogen-bond acceptors (Lipinski definition) is 5. The van der Waals surface area contributed by atoms with Gasteiger partial charge in [0, 0.05) is 19.3 Å². The summed E-state index contributed by atoms with van der Waals surface area (Å²) in [6, 6.07) is 1.91. The summed E-state index contributed by atoms with van der Waals surface area (Å²) in [6.07, 6.45) is 1.81. The standard InChI is InChI=1S/C17H31N3O3S2.HI/c1-6-18-15(19-12-16(2,3)8-10-25(5,22)23)20-13-17(4,21)14-7-9-24-11-14;/h7,9,11,21H,6,8,10,12-13H2,1-5H3,(H2,18,19,20);1H. The number of nitrogens with zero attached hydrogens (tertiary/aromatic N) is 1. The van der Waals surface area contributed by atoms with Gasteiger partial charge in [-0.15, -0.1) is 24.0 Å². The Hall–Kier alpha value is -0.390. The first-order chi connectivity index (χ1) is 11.5. The summed E-state index contributed by atoms with van der Waals surface area (Å²) in [4.78, 5) is 4.56. The van der Waals surface area contributed by atoms with E-state index in [0.717, 1.165) is 5.56 Å². The third kappa shape index (κ3) is 10.1. The van der Waals surface area contributed by atoms with E-state index < -0.39 is 15.4 Å². The summed E-state index contributed by atoms with van der Waals surface area (Å²) >= 11 is 1.55. The summed E-state index contributed by atoms with van der Waals surface area (Å²) in [5.74, 6) is 0.775. The smallest absolute Gasteiger partial charge is 0.191 e. The Bertz CT molecular complexity index is 657. The molecule has 1 heterocycles. The van der Waals surface area contributed by atoms with Crippen LogP contribution in [0.2, 0.25) is 0 Å². The van der Waals surface area contributed by atoms with Gasteiger partial charge in [-0.05, 0) is 48.1 Å². The highest BCUT2D eigenvalue weighted by Gasteiger charge is 2.24. The Balaban J connectivity index is 0.00000625. The van der Waals surface area contributed by atoms with Crippen molar-refractivity contribution in [2.45, 2.75) is 39.7 Å². The lowest BCUT2D eigenvalue weighted by Crippen LogP contribution is -2.44. The number of rotatable bonds is 9. The first kappa shape index (κ1) is 25.6. The van der Waals surface area contributed by atoms with Crippen molar-refractivity contribution in [3.63, 3.8) is 0 Å². The number of aliphatic hydroxyl groups is 1. The molecular formula is C17H32IN3O3S2. The van der Waals surface area contributed by atoms with Gasteiger partial charge in [-0.2, -0.15) is 11.3 Å². The Morgan fingerprint density at radius 1 is 1.31 bits per heavy atom. The average molecular weight is 517 g/mol. The molecule has 1 rings (SSSR count). The number of aliphatic imine (C=N–C) groups is 1. The van der Waals surface area contributed by atoms with Crippen molar-refractivity contribution in [2.75, 3.05) is 31.6 Å².